The van der Waals surface area contributed by atoms with E-state index in [0.717, 1.165) is 5.57 Å². The van der Waals surface area contributed by atoms with Crippen molar-refractivity contribution in [3.8, 4) is 0 Å². The lowest BCUT2D eigenvalue weighted by atomic mass is 10.3. The van der Waals surface area contributed by atoms with E-state index in [1.165, 1.54) is 12.1 Å². The van der Waals surface area contributed by atoms with Crippen LogP contribution in [0.15, 0.2) is 40.8 Å². The van der Waals surface area contributed by atoms with Gasteiger partial charge in [0.05, 0.1) is 10.6 Å². The third-order valence-corrected chi connectivity index (χ3v) is 3.73. The lowest BCUT2D eigenvalue weighted by Gasteiger charge is -2.01. The Hall–Kier alpha value is -0.800. The van der Waals surface area contributed by atoms with Crippen molar-refractivity contribution in [2.24, 2.45) is 0 Å². The summed E-state index contributed by atoms with van der Waals surface area (Å²) in [6.07, 6.45) is 1.70. The maximum absolute atomic E-state index is 11.8. The van der Waals surface area contributed by atoms with E-state index >= 15 is 0 Å². The Bertz CT molecular complexity index is 454. The van der Waals surface area contributed by atoms with Gasteiger partial charge in [0.2, 0.25) is 0 Å². The van der Waals surface area contributed by atoms with Gasteiger partial charge in [-0.2, -0.15) is 0 Å². The van der Waals surface area contributed by atoms with Crippen molar-refractivity contribution >= 4 is 21.4 Å². The number of rotatable bonds is 3. The molecule has 0 N–H and O–H groups in total. The number of sulfone groups is 1. The minimum absolute atomic E-state index is 0.0387. The van der Waals surface area contributed by atoms with Gasteiger partial charge in [0.1, 0.15) is 0 Å². The molecule has 0 amide bonds. The quantitative estimate of drug-likeness (QED) is 0.766. The summed E-state index contributed by atoms with van der Waals surface area (Å²) < 4.78 is 23.5. The molecular formula is C11H13ClO2S. The van der Waals surface area contributed by atoms with Crippen molar-refractivity contribution in [2.45, 2.75) is 18.7 Å². The van der Waals surface area contributed by atoms with Crippen molar-refractivity contribution < 1.29 is 8.42 Å². The van der Waals surface area contributed by atoms with E-state index in [-0.39, 0.29) is 5.75 Å². The first-order valence-electron chi connectivity index (χ1n) is 4.53. The van der Waals surface area contributed by atoms with Gasteiger partial charge in [-0.15, -0.1) is 0 Å². The largest absolute Gasteiger partial charge is 0.223 e. The van der Waals surface area contributed by atoms with Crippen LogP contribution in [-0.2, 0) is 9.84 Å². The summed E-state index contributed by atoms with van der Waals surface area (Å²) in [6, 6.07) is 6.21. The minimum Gasteiger partial charge on any atom is -0.223 e. The number of benzene rings is 1. The summed E-state index contributed by atoms with van der Waals surface area (Å²) in [5, 5.41) is 0.538. The van der Waals surface area contributed by atoms with Crippen molar-refractivity contribution in [2.75, 3.05) is 5.75 Å². The van der Waals surface area contributed by atoms with Gasteiger partial charge in [0.25, 0.3) is 0 Å². The standard InChI is InChI=1S/C11H13ClO2S/c1-9(2)7-8-15(13,14)11-5-3-10(12)4-6-11/h3-7H,8H2,1-2H3. The molecule has 0 aliphatic heterocycles. The minimum atomic E-state index is -3.21. The second-order valence-corrected chi connectivity index (χ2v) is 5.99. The van der Waals surface area contributed by atoms with Crippen molar-refractivity contribution in [3.05, 3.63) is 40.9 Å². The molecule has 1 aromatic carbocycles. The summed E-state index contributed by atoms with van der Waals surface area (Å²) in [6.45, 7) is 3.74. The molecule has 0 spiro atoms. The summed E-state index contributed by atoms with van der Waals surface area (Å²) in [4.78, 5) is 0.310. The number of allylic oxidation sites excluding steroid dienone is 1. The predicted octanol–water partition coefficient (Wildman–Crippen LogP) is 3.08. The van der Waals surface area contributed by atoms with Crippen LogP contribution in [0, 0.1) is 0 Å². The predicted molar refractivity (Wildman–Crippen MR) is 62.9 cm³/mol. The zero-order chi connectivity index (χ0) is 11.5. The van der Waals surface area contributed by atoms with Gasteiger partial charge in [-0.05, 0) is 38.1 Å². The lowest BCUT2D eigenvalue weighted by molar-refractivity contribution is 0.599. The first-order valence-corrected chi connectivity index (χ1v) is 6.56. The molecule has 0 saturated heterocycles. The Kier molecular flexibility index (Phi) is 3.94. The van der Waals surface area contributed by atoms with Crippen LogP contribution in [0.2, 0.25) is 5.02 Å². The zero-order valence-corrected chi connectivity index (χ0v) is 10.3. The van der Waals surface area contributed by atoms with Crippen LogP contribution in [0.4, 0.5) is 0 Å². The topological polar surface area (TPSA) is 34.1 Å². The third-order valence-electron chi connectivity index (χ3n) is 1.88. The SMILES string of the molecule is CC(C)=CCS(=O)(=O)c1ccc(Cl)cc1. The number of halogens is 1. The van der Waals surface area contributed by atoms with Crippen LogP contribution < -0.4 is 0 Å². The first kappa shape index (κ1) is 12.3. The molecule has 0 atom stereocenters. The van der Waals surface area contributed by atoms with Gasteiger partial charge in [-0.25, -0.2) is 8.42 Å². The first-order chi connectivity index (χ1) is 6.92. The van der Waals surface area contributed by atoms with Crippen molar-refractivity contribution in [3.63, 3.8) is 0 Å². The molecular weight excluding hydrogens is 232 g/mol. The van der Waals surface area contributed by atoms with E-state index < -0.39 is 9.84 Å². The molecule has 82 valence electrons. The average Bonchev–Trinajstić information content (AvgIpc) is 2.16. The van der Waals surface area contributed by atoms with Crippen LogP contribution in [-0.4, -0.2) is 14.2 Å². The van der Waals surface area contributed by atoms with Gasteiger partial charge in [-0.3, -0.25) is 0 Å². The lowest BCUT2D eigenvalue weighted by Crippen LogP contribution is -2.04. The number of hydrogen-bond donors (Lipinski definition) is 0. The molecule has 1 aromatic rings. The Labute approximate surface area is 95.5 Å². The van der Waals surface area contributed by atoms with Crippen LogP contribution in [0.5, 0.6) is 0 Å². The van der Waals surface area contributed by atoms with Gasteiger partial charge in [-0.1, -0.05) is 23.3 Å². The van der Waals surface area contributed by atoms with Crippen molar-refractivity contribution in [1.29, 1.82) is 0 Å². The van der Waals surface area contributed by atoms with E-state index in [4.69, 9.17) is 11.6 Å². The van der Waals surface area contributed by atoms with E-state index in [1.54, 1.807) is 18.2 Å². The second kappa shape index (κ2) is 4.81. The average molecular weight is 245 g/mol. The zero-order valence-electron chi connectivity index (χ0n) is 8.70. The maximum atomic E-state index is 11.8. The fraction of sp³-hybridized carbons (Fsp3) is 0.273. The monoisotopic (exact) mass is 244 g/mol. The molecule has 4 heteroatoms. The van der Waals surface area contributed by atoms with Gasteiger partial charge < -0.3 is 0 Å². The normalized spacial score (nSPS) is 11.1. The molecule has 0 saturated carbocycles. The van der Waals surface area contributed by atoms with Crippen LogP contribution in [0.25, 0.3) is 0 Å². The van der Waals surface area contributed by atoms with Gasteiger partial charge in [0.15, 0.2) is 9.84 Å². The van der Waals surface area contributed by atoms with Crippen LogP contribution in [0.1, 0.15) is 13.8 Å². The third kappa shape index (κ3) is 3.68. The highest BCUT2D eigenvalue weighted by atomic mass is 35.5. The van der Waals surface area contributed by atoms with E-state index in [2.05, 4.69) is 0 Å². The Morgan fingerprint density at radius 3 is 2.27 bits per heavy atom. The summed E-state index contributed by atoms with van der Waals surface area (Å²) in [7, 11) is -3.21. The second-order valence-electron chi connectivity index (χ2n) is 3.52. The Morgan fingerprint density at radius 1 is 1.27 bits per heavy atom. The molecule has 1 rings (SSSR count). The highest BCUT2D eigenvalue weighted by Crippen LogP contribution is 2.15. The van der Waals surface area contributed by atoms with Crippen molar-refractivity contribution in [1.82, 2.24) is 0 Å². The summed E-state index contributed by atoms with van der Waals surface area (Å²) in [5.74, 6) is 0.0387. The van der Waals surface area contributed by atoms with Gasteiger partial charge >= 0.3 is 0 Å². The highest BCUT2D eigenvalue weighted by molar-refractivity contribution is 7.91. The molecule has 0 bridgehead atoms. The van der Waals surface area contributed by atoms with E-state index in [9.17, 15) is 8.42 Å². The Balaban J connectivity index is 2.97. The summed E-state index contributed by atoms with van der Waals surface area (Å²) in [5.41, 5.74) is 0.993. The summed E-state index contributed by atoms with van der Waals surface area (Å²) >= 11 is 5.68. The van der Waals surface area contributed by atoms with Gasteiger partial charge in [0, 0.05) is 5.02 Å². The highest BCUT2D eigenvalue weighted by Gasteiger charge is 2.11. The molecule has 0 fully saturated rings. The smallest absolute Gasteiger partial charge is 0.181 e. The maximum Gasteiger partial charge on any atom is 0.181 e. The molecule has 15 heavy (non-hydrogen) atoms. The molecule has 0 aliphatic carbocycles. The fourth-order valence-corrected chi connectivity index (χ4v) is 2.44. The van der Waals surface area contributed by atoms with Crippen LogP contribution >= 0.6 is 11.6 Å². The molecule has 0 unspecified atom stereocenters. The molecule has 0 heterocycles. The number of hydrogen-bond acceptors (Lipinski definition) is 2. The fourth-order valence-electron chi connectivity index (χ4n) is 1.01. The van der Waals surface area contributed by atoms with Crippen LogP contribution in [0.3, 0.4) is 0 Å². The molecule has 0 aromatic heterocycles. The molecule has 2 nitrogen and oxygen atoms in total. The molecule has 0 aliphatic rings. The molecule has 0 radical (unpaired) electrons. The Morgan fingerprint density at radius 2 is 1.80 bits per heavy atom. The van der Waals surface area contributed by atoms with E-state index in [1.807, 2.05) is 13.8 Å². The van der Waals surface area contributed by atoms with E-state index in [0.29, 0.717) is 9.92 Å².